The minimum atomic E-state index is 0.617. The third-order valence-electron chi connectivity index (χ3n) is 9.12. The zero-order valence-electron chi connectivity index (χ0n) is 25.6. The molecule has 0 amide bonds. The second-order valence-corrected chi connectivity index (χ2v) is 13.0. The highest BCUT2D eigenvalue weighted by Crippen LogP contribution is 2.44. The maximum absolute atomic E-state index is 6.72. The summed E-state index contributed by atoms with van der Waals surface area (Å²) in [5.74, 6) is 1.88. The summed E-state index contributed by atoms with van der Waals surface area (Å²) in [6, 6.07) is 52.6. The Kier molecular flexibility index (Phi) is 6.01. The van der Waals surface area contributed by atoms with Crippen molar-refractivity contribution in [2.24, 2.45) is 0 Å². The van der Waals surface area contributed by atoms with Crippen LogP contribution in [0.25, 0.3) is 98.2 Å². The first-order valence-corrected chi connectivity index (χ1v) is 16.8. The van der Waals surface area contributed by atoms with Crippen molar-refractivity contribution >= 4 is 64.2 Å². The van der Waals surface area contributed by atoms with Crippen molar-refractivity contribution in [1.29, 1.82) is 0 Å². The number of aromatic nitrogens is 3. The highest BCUT2D eigenvalue weighted by molar-refractivity contribution is 7.26. The Hall–Kier alpha value is -6.17. The summed E-state index contributed by atoms with van der Waals surface area (Å²) in [4.78, 5) is 15.2. The summed E-state index contributed by atoms with van der Waals surface area (Å²) in [5.41, 5.74) is 6.79. The predicted molar refractivity (Wildman–Crippen MR) is 199 cm³/mol. The molecule has 0 atom stereocenters. The van der Waals surface area contributed by atoms with Gasteiger partial charge in [0.1, 0.15) is 11.2 Å². The van der Waals surface area contributed by atoms with Crippen LogP contribution in [0.3, 0.4) is 0 Å². The Balaban J connectivity index is 1.24. The second-order valence-electron chi connectivity index (χ2n) is 12.0. The second kappa shape index (κ2) is 10.7. The van der Waals surface area contributed by atoms with Crippen LogP contribution in [0.2, 0.25) is 0 Å². The summed E-state index contributed by atoms with van der Waals surface area (Å²) in [6.07, 6.45) is 0. The Morgan fingerprint density at radius 2 is 1.08 bits per heavy atom. The average Bonchev–Trinajstić information content (AvgIpc) is 3.72. The summed E-state index contributed by atoms with van der Waals surface area (Å²) in [7, 11) is 0. The molecular formula is C43H25N3OS. The number of benzene rings is 7. The van der Waals surface area contributed by atoms with Gasteiger partial charge in [-0.05, 0) is 46.2 Å². The van der Waals surface area contributed by atoms with E-state index in [1.807, 2.05) is 72.0 Å². The topological polar surface area (TPSA) is 51.8 Å². The summed E-state index contributed by atoms with van der Waals surface area (Å²) in [5, 5.41) is 6.74. The SMILES string of the molecule is c1ccc(-c2nc(-c3ccccc3)nc(-c3c4ccccc4cc4oc5cc(-c6cccc7c6sc6ccccc67)ccc5c34)n2)cc1. The molecule has 0 aliphatic heterocycles. The van der Waals surface area contributed by atoms with E-state index in [1.165, 1.54) is 25.7 Å². The van der Waals surface area contributed by atoms with E-state index in [-0.39, 0.29) is 0 Å². The van der Waals surface area contributed by atoms with Gasteiger partial charge in [-0.25, -0.2) is 15.0 Å². The van der Waals surface area contributed by atoms with Gasteiger partial charge in [0, 0.05) is 47.6 Å². The third kappa shape index (κ3) is 4.25. The van der Waals surface area contributed by atoms with Crippen molar-refractivity contribution in [1.82, 2.24) is 15.0 Å². The van der Waals surface area contributed by atoms with Gasteiger partial charge < -0.3 is 4.42 Å². The van der Waals surface area contributed by atoms with Gasteiger partial charge in [-0.2, -0.15) is 0 Å². The molecule has 0 spiro atoms. The fourth-order valence-corrected chi connectivity index (χ4v) is 8.13. The lowest BCUT2D eigenvalue weighted by atomic mass is 9.96. The predicted octanol–water partition coefficient (Wildman–Crippen LogP) is 12.0. The van der Waals surface area contributed by atoms with Crippen molar-refractivity contribution in [2.45, 2.75) is 0 Å². The molecule has 0 saturated carbocycles. The van der Waals surface area contributed by atoms with E-state index in [2.05, 4.69) is 91.0 Å². The van der Waals surface area contributed by atoms with Crippen molar-refractivity contribution in [3.8, 4) is 45.3 Å². The number of hydrogen-bond acceptors (Lipinski definition) is 5. The highest BCUT2D eigenvalue weighted by Gasteiger charge is 2.21. The molecule has 7 aromatic carbocycles. The van der Waals surface area contributed by atoms with Crippen LogP contribution in [0, 0.1) is 0 Å². The number of hydrogen-bond donors (Lipinski definition) is 0. The summed E-state index contributed by atoms with van der Waals surface area (Å²) in [6.45, 7) is 0. The van der Waals surface area contributed by atoms with Gasteiger partial charge in [0.05, 0.1) is 0 Å². The lowest BCUT2D eigenvalue weighted by Crippen LogP contribution is -2.00. The summed E-state index contributed by atoms with van der Waals surface area (Å²) < 4.78 is 9.30. The lowest BCUT2D eigenvalue weighted by molar-refractivity contribution is 0.669. The van der Waals surface area contributed by atoms with E-state index >= 15 is 0 Å². The van der Waals surface area contributed by atoms with E-state index in [1.54, 1.807) is 0 Å². The van der Waals surface area contributed by atoms with E-state index in [0.717, 1.165) is 55.0 Å². The Labute approximate surface area is 279 Å². The molecule has 3 heterocycles. The zero-order valence-corrected chi connectivity index (χ0v) is 26.4. The highest BCUT2D eigenvalue weighted by atomic mass is 32.1. The minimum Gasteiger partial charge on any atom is -0.456 e. The molecule has 0 aliphatic carbocycles. The number of furan rings is 1. The molecule has 224 valence electrons. The Morgan fingerprint density at radius 1 is 0.438 bits per heavy atom. The van der Waals surface area contributed by atoms with Crippen LogP contribution in [0.5, 0.6) is 0 Å². The number of fused-ring (bicyclic) bond motifs is 7. The van der Waals surface area contributed by atoms with Gasteiger partial charge in [0.25, 0.3) is 0 Å². The first kappa shape index (κ1) is 27.0. The van der Waals surface area contributed by atoms with E-state index < -0.39 is 0 Å². The van der Waals surface area contributed by atoms with Gasteiger partial charge >= 0.3 is 0 Å². The largest absolute Gasteiger partial charge is 0.456 e. The molecule has 3 aromatic heterocycles. The summed E-state index contributed by atoms with van der Waals surface area (Å²) >= 11 is 1.84. The van der Waals surface area contributed by atoms with Gasteiger partial charge in [-0.3, -0.25) is 0 Å². The molecule has 0 radical (unpaired) electrons. The van der Waals surface area contributed by atoms with Crippen LogP contribution in [0.15, 0.2) is 156 Å². The smallest absolute Gasteiger partial charge is 0.165 e. The molecule has 5 heteroatoms. The zero-order chi connectivity index (χ0) is 31.6. The van der Waals surface area contributed by atoms with Crippen LogP contribution in [-0.2, 0) is 0 Å². The number of rotatable bonds is 4. The average molecular weight is 632 g/mol. The molecule has 0 unspecified atom stereocenters. The normalized spacial score (nSPS) is 11.8. The fraction of sp³-hybridized carbons (Fsp3) is 0. The first-order chi connectivity index (χ1) is 23.8. The maximum atomic E-state index is 6.72. The number of nitrogens with zero attached hydrogens (tertiary/aromatic N) is 3. The van der Waals surface area contributed by atoms with E-state index in [4.69, 9.17) is 19.4 Å². The fourth-order valence-electron chi connectivity index (χ4n) is 6.90. The van der Waals surface area contributed by atoms with Gasteiger partial charge in [0.2, 0.25) is 0 Å². The lowest BCUT2D eigenvalue weighted by Gasteiger charge is -2.11. The molecule has 0 N–H and O–H groups in total. The maximum Gasteiger partial charge on any atom is 0.165 e. The quantitative estimate of drug-likeness (QED) is 0.194. The monoisotopic (exact) mass is 631 g/mol. The number of thiophene rings is 1. The Bertz CT molecular complexity index is 2780. The molecule has 4 nitrogen and oxygen atoms in total. The van der Waals surface area contributed by atoms with Crippen LogP contribution >= 0.6 is 11.3 Å². The van der Waals surface area contributed by atoms with E-state index in [0.29, 0.717) is 17.5 Å². The van der Waals surface area contributed by atoms with Crippen molar-refractivity contribution < 1.29 is 4.42 Å². The molecule has 0 aliphatic rings. The van der Waals surface area contributed by atoms with Crippen LogP contribution in [0.1, 0.15) is 0 Å². The van der Waals surface area contributed by atoms with Gasteiger partial charge in [0.15, 0.2) is 17.5 Å². The third-order valence-corrected chi connectivity index (χ3v) is 10.3. The van der Waals surface area contributed by atoms with Crippen molar-refractivity contribution in [2.75, 3.05) is 0 Å². The molecule has 0 fully saturated rings. The van der Waals surface area contributed by atoms with Crippen LogP contribution in [-0.4, -0.2) is 15.0 Å². The van der Waals surface area contributed by atoms with Crippen molar-refractivity contribution in [3.63, 3.8) is 0 Å². The standard InChI is InChI=1S/C43H25N3OS/c1-3-12-26(13-4-1)41-44-42(27-14-5-2-6-15-27)46-43(45-41)39-30-17-8-7-16-28(30)25-36-38(39)34-23-22-29(24-35(34)47-36)31-19-11-20-33-32-18-9-10-21-37(32)48-40(31)33/h1-25H. The van der Waals surface area contributed by atoms with Crippen molar-refractivity contribution in [3.05, 3.63) is 152 Å². The van der Waals surface area contributed by atoms with Crippen LogP contribution < -0.4 is 0 Å². The van der Waals surface area contributed by atoms with Crippen LogP contribution in [0.4, 0.5) is 0 Å². The Morgan fingerprint density at radius 3 is 1.85 bits per heavy atom. The van der Waals surface area contributed by atoms with Gasteiger partial charge in [-0.15, -0.1) is 11.3 Å². The molecule has 48 heavy (non-hydrogen) atoms. The molecule has 10 rings (SSSR count). The molecular weight excluding hydrogens is 607 g/mol. The molecule has 0 saturated heterocycles. The van der Waals surface area contributed by atoms with Gasteiger partial charge in [-0.1, -0.05) is 127 Å². The first-order valence-electron chi connectivity index (χ1n) is 15.9. The molecule has 10 aromatic rings. The van der Waals surface area contributed by atoms with E-state index in [9.17, 15) is 0 Å². The minimum absolute atomic E-state index is 0.617. The molecule has 0 bridgehead atoms.